The molecule has 188 valence electrons. The summed E-state index contributed by atoms with van der Waals surface area (Å²) in [4.78, 5) is 12.0. The van der Waals surface area contributed by atoms with E-state index in [0.717, 1.165) is 24.2 Å². The highest BCUT2D eigenvalue weighted by molar-refractivity contribution is 5.76. The van der Waals surface area contributed by atoms with Gasteiger partial charge in [-0.25, -0.2) is 0 Å². The van der Waals surface area contributed by atoms with E-state index in [1.807, 2.05) is 24.3 Å². The molecule has 0 aromatic heterocycles. The first-order chi connectivity index (χ1) is 16.3. The van der Waals surface area contributed by atoms with Crippen LogP contribution in [0.25, 0.3) is 0 Å². The minimum atomic E-state index is 0.0988. The molecule has 1 amide bonds. The molecule has 0 radical (unpaired) electrons. The molecule has 0 spiro atoms. The van der Waals surface area contributed by atoms with E-state index in [9.17, 15) is 4.79 Å². The number of nitrogens with two attached hydrogens (primary N) is 1. The summed E-state index contributed by atoms with van der Waals surface area (Å²) >= 11 is 0. The van der Waals surface area contributed by atoms with E-state index >= 15 is 0 Å². The topological polar surface area (TPSA) is 67.2 Å². The largest absolute Gasteiger partial charge is 0.352 e. The molecule has 4 heteroatoms. The lowest BCUT2D eigenvalue weighted by molar-refractivity contribution is -0.121. The molecule has 0 unspecified atom stereocenters. The third-order valence-electron chi connectivity index (χ3n) is 6.11. The van der Waals surface area contributed by atoms with E-state index < -0.39 is 0 Å². The SMILES string of the molecule is CCCCCCCC/C=C\CCCCCCCCNCCC(=O)NCc1cccc(CN)c1. The lowest BCUT2D eigenvalue weighted by Gasteiger charge is -2.08. The number of hydrogen-bond donors (Lipinski definition) is 3. The van der Waals surface area contributed by atoms with E-state index in [2.05, 4.69) is 29.7 Å². The molecule has 0 aliphatic rings. The first-order valence-corrected chi connectivity index (χ1v) is 13.7. The highest BCUT2D eigenvalue weighted by Gasteiger charge is 2.01. The van der Waals surface area contributed by atoms with Gasteiger partial charge in [-0.3, -0.25) is 4.79 Å². The van der Waals surface area contributed by atoms with Crippen molar-refractivity contribution in [2.75, 3.05) is 13.1 Å². The van der Waals surface area contributed by atoms with Crippen molar-refractivity contribution < 1.29 is 4.79 Å². The van der Waals surface area contributed by atoms with Gasteiger partial charge in [0.25, 0.3) is 0 Å². The maximum Gasteiger partial charge on any atom is 0.221 e. The van der Waals surface area contributed by atoms with Crippen molar-refractivity contribution in [3.63, 3.8) is 0 Å². The Labute approximate surface area is 204 Å². The first-order valence-electron chi connectivity index (χ1n) is 13.7. The summed E-state index contributed by atoms with van der Waals surface area (Å²) in [6, 6.07) is 8.06. The van der Waals surface area contributed by atoms with E-state index in [4.69, 9.17) is 5.73 Å². The molecule has 0 bridgehead atoms. The smallest absolute Gasteiger partial charge is 0.221 e. The quantitative estimate of drug-likeness (QED) is 0.133. The van der Waals surface area contributed by atoms with Gasteiger partial charge < -0.3 is 16.4 Å². The summed E-state index contributed by atoms with van der Waals surface area (Å²) in [5, 5.41) is 6.38. The van der Waals surface area contributed by atoms with Crippen LogP contribution in [0.3, 0.4) is 0 Å². The van der Waals surface area contributed by atoms with E-state index in [1.54, 1.807) is 0 Å². The normalized spacial score (nSPS) is 11.3. The summed E-state index contributed by atoms with van der Waals surface area (Å²) in [6.45, 7) is 5.13. The Hall–Kier alpha value is -1.65. The molecule has 1 aromatic rings. The highest BCUT2D eigenvalue weighted by Crippen LogP contribution is 2.10. The number of hydrogen-bond acceptors (Lipinski definition) is 3. The predicted octanol–water partition coefficient (Wildman–Crippen LogP) is 6.78. The molecule has 4 N–H and O–H groups in total. The summed E-state index contributed by atoms with van der Waals surface area (Å²) in [5.74, 6) is 0.0988. The second kappa shape index (κ2) is 22.2. The molecule has 0 saturated heterocycles. The molecule has 33 heavy (non-hydrogen) atoms. The lowest BCUT2D eigenvalue weighted by Crippen LogP contribution is -2.27. The van der Waals surface area contributed by atoms with Gasteiger partial charge in [0.15, 0.2) is 0 Å². The zero-order chi connectivity index (χ0) is 23.8. The van der Waals surface area contributed by atoms with Crippen LogP contribution in [-0.4, -0.2) is 19.0 Å². The number of carbonyl (C=O) groups excluding carboxylic acids is 1. The Bertz CT molecular complexity index is 615. The van der Waals surface area contributed by atoms with E-state index in [1.165, 1.54) is 89.9 Å². The van der Waals surface area contributed by atoms with E-state index in [-0.39, 0.29) is 5.91 Å². The van der Waals surface area contributed by atoms with Gasteiger partial charge in [0.2, 0.25) is 5.91 Å². The Morgan fingerprint density at radius 1 is 0.818 bits per heavy atom. The molecular formula is C29H51N3O. The van der Waals surface area contributed by atoms with Gasteiger partial charge >= 0.3 is 0 Å². The second-order valence-corrected chi connectivity index (χ2v) is 9.24. The third kappa shape index (κ3) is 18.5. The van der Waals surface area contributed by atoms with Crippen LogP contribution in [0.1, 0.15) is 114 Å². The number of unbranched alkanes of at least 4 members (excludes halogenated alkanes) is 12. The van der Waals surface area contributed by atoms with Crippen molar-refractivity contribution >= 4 is 5.91 Å². The summed E-state index contributed by atoms with van der Waals surface area (Å²) in [5.41, 5.74) is 7.86. The van der Waals surface area contributed by atoms with Gasteiger partial charge in [0.1, 0.15) is 0 Å². The minimum absolute atomic E-state index is 0.0988. The zero-order valence-electron chi connectivity index (χ0n) is 21.4. The standard InChI is InChI=1S/C29H51N3O/c1-2-3-4-5-6-7-8-9-10-11-12-13-14-15-16-17-22-31-23-21-29(33)32-26-28-20-18-19-27(24-28)25-30/h9-10,18-20,24,31H,2-8,11-17,21-23,25-26,30H2,1H3,(H,32,33)/b10-9-. The van der Waals surface area contributed by atoms with Gasteiger partial charge in [-0.2, -0.15) is 0 Å². The summed E-state index contributed by atoms with van der Waals surface area (Å²) in [7, 11) is 0. The molecule has 0 atom stereocenters. The molecule has 0 fully saturated rings. The fourth-order valence-electron chi connectivity index (χ4n) is 3.98. The maximum absolute atomic E-state index is 12.0. The van der Waals surface area contributed by atoms with Crippen molar-refractivity contribution in [1.29, 1.82) is 0 Å². The molecule has 0 aliphatic carbocycles. The van der Waals surface area contributed by atoms with Crippen LogP contribution < -0.4 is 16.4 Å². The van der Waals surface area contributed by atoms with Crippen molar-refractivity contribution in [3.8, 4) is 0 Å². The monoisotopic (exact) mass is 457 g/mol. The summed E-state index contributed by atoms with van der Waals surface area (Å²) < 4.78 is 0. The average molecular weight is 458 g/mol. The van der Waals surface area contributed by atoms with Gasteiger partial charge in [0, 0.05) is 26.1 Å². The van der Waals surface area contributed by atoms with Crippen LogP contribution in [0.2, 0.25) is 0 Å². The summed E-state index contributed by atoms with van der Waals surface area (Å²) in [6.07, 6.45) is 24.0. The average Bonchev–Trinajstić information content (AvgIpc) is 2.84. The van der Waals surface area contributed by atoms with Crippen molar-refractivity contribution in [3.05, 3.63) is 47.5 Å². The zero-order valence-corrected chi connectivity index (χ0v) is 21.4. The Balaban J connectivity index is 1.81. The molecule has 0 aliphatic heterocycles. The molecule has 1 rings (SSSR count). The Kier molecular flexibility index (Phi) is 19.7. The van der Waals surface area contributed by atoms with Crippen LogP contribution >= 0.6 is 0 Å². The third-order valence-corrected chi connectivity index (χ3v) is 6.11. The van der Waals surface area contributed by atoms with Crippen molar-refractivity contribution in [2.45, 2.75) is 116 Å². The van der Waals surface area contributed by atoms with Crippen LogP contribution in [0.15, 0.2) is 36.4 Å². The lowest BCUT2D eigenvalue weighted by atomic mass is 10.1. The molecule has 1 aromatic carbocycles. The van der Waals surface area contributed by atoms with Crippen LogP contribution in [0, 0.1) is 0 Å². The van der Waals surface area contributed by atoms with Crippen LogP contribution in [0.5, 0.6) is 0 Å². The van der Waals surface area contributed by atoms with Gasteiger partial charge in [0.05, 0.1) is 0 Å². The number of amides is 1. The number of benzene rings is 1. The maximum atomic E-state index is 12.0. The van der Waals surface area contributed by atoms with Crippen molar-refractivity contribution in [1.82, 2.24) is 10.6 Å². The second-order valence-electron chi connectivity index (χ2n) is 9.24. The van der Waals surface area contributed by atoms with Gasteiger partial charge in [-0.1, -0.05) is 101 Å². The van der Waals surface area contributed by atoms with Crippen LogP contribution in [-0.2, 0) is 17.9 Å². The number of carbonyl (C=O) groups is 1. The van der Waals surface area contributed by atoms with Gasteiger partial charge in [-0.05, 0) is 49.8 Å². The fourth-order valence-corrected chi connectivity index (χ4v) is 3.98. The first kappa shape index (κ1) is 29.4. The molecule has 4 nitrogen and oxygen atoms in total. The van der Waals surface area contributed by atoms with Crippen LogP contribution in [0.4, 0.5) is 0 Å². The number of nitrogens with one attached hydrogen (secondary N) is 2. The van der Waals surface area contributed by atoms with Gasteiger partial charge in [-0.15, -0.1) is 0 Å². The molecular weight excluding hydrogens is 406 g/mol. The minimum Gasteiger partial charge on any atom is -0.352 e. The Morgan fingerprint density at radius 2 is 1.42 bits per heavy atom. The highest BCUT2D eigenvalue weighted by atomic mass is 16.1. The van der Waals surface area contributed by atoms with E-state index in [0.29, 0.717) is 19.5 Å². The Morgan fingerprint density at radius 3 is 2.09 bits per heavy atom. The molecule has 0 heterocycles. The number of rotatable bonds is 22. The van der Waals surface area contributed by atoms with Crippen molar-refractivity contribution in [2.24, 2.45) is 5.73 Å². The fraction of sp³-hybridized carbons (Fsp3) is 0.690. The molecule has 0 saturated carbocycles. The number of allylic oxidation sites excluding steroid dienone is 2. The predicted molar refractivity (Wildman–Crippen MR) is 143 cm³/mol.